The monoisotopic (exact) mass is 305 g/mol. The summed E-state index contributed by atoms with van der Waals surface area (Å²) in [5.41, 5.74) is 0.764. The molecule has 0 fully saturated rings. The summed E-state index contributed by atoms with van der Waals surface area (Å²) in [6, 6.07) is 4.71. The van der Waals surface area contributed by atoms with Gasteiger partial charge >= 0.3 is 6.03 Å². The Bertz CT molecular complexity index is 537. The van der Waals surface area contributed by atoms with E-state index in [9.17, 15) is 14.0 Å². The molecule has 1 atom stereocenters. The molecular formula is C16H20FN3O2. The summed E-state index contributed by atoms with van der Waals surface area (Å²) < 4.78 is 12.8. The fourth-order valence-electron chi connectivity index (χ4n) is 1.81. The Balaban J connectivity index is 2.47. The highest BCUT2D eigenvalue weighted by Gasteiger charge is 2.18. The molecule has 3 N–H and O–H groups in total. The lowest BCUT2D eigenvalue weighted by atomic mass is 10.1. The molecule has 1 unspecified atom stereocenters. The number of benzene rings is 1. The lowest BCUT2D eigenvalue weighted by molar-refractivity contribution is -0.122. The molecule has 0 aromatic heterocycles. The summed E-state index contributed by atoms with van der Waals surface area (Å²) in [6.45, 7) is 2.29. The van der Waals surface area contributed by atoms with Gasteiger partial charge in [0.1, 0.15) is 11.9 Å². The van der Waals surface area contributed by atoms with E-state index in [-0.39, 0.29) is 24.8 Å². The van der Waals surface area contributed by atoms with E-state index in [1.807, 2.05) is 6.92 Å². The molecule has 0 saturated carbocycles. The molecule has 0 aliphatic heterocycles. The van der Waals surface area contributed by atoms with Crippen molar-refractivity contribution in [3.63, 3.8) is 0 Å². The van der Waals surface area contributed by atoms with Crippen molar-refractivity contribution in [3.05, 3.63) is 35.6 Å². The molecule has 0 saturated heterocycles. The minimum atomic E-state index is -0.633. The van der Waals surface area contributed by atoms with Crippen molar-refractivity contribution in [3.8, 4) is 12.3 Å². The molecule has 118 valence electrons. The molecule has 5 nitrogen and oxygen atoms in total. The standard InChI is InChI=1S/C16H20FN3O2/c1-3-5-14(15(21)18-10-4-2)20-16(22)19-11-12-6-8-13(17)9-7-12/h2,6-9,14H,3,5,10-11H2,1H3,(H,18,21)(H2,19,20,22). The van der Waals surface area contributed by atoms with Crippen LogP contribution >= 0.6 is 0 Å². The smallest absolute Gasteiger partial charge is 0.315 e. The van der Waals surface area contributed by atoms with Crippen LogP contribution in [0.25, 0.3) is 0 Å². The van der Waals surface area contributed by atoms with Crippen LogP contribution < -0.4 is 16.0 Å². The van der Waals surface area contributed by atoms with E-state index < -0.39 is 12.1 Å². The molecule has 0 heterocycles. The molecule has 1 aromatic carbocycles. The summed E-state index contributed by atoms with van der Waals surface area (Å²) in [5.74, 6) is 1.67. The van der Waals surface area contributed by atoms with Gasteiger partial charge in [-0.05, 0) is 24.1 Å². The molecular weight excluding hydrogens is 285 g/mol. The molecule has 6 heteroatoms. The van der Waals surface area contributed by atoms with Gasteiger partial charge in [0.25, 0.3) is 0 Å². The number of rotatable bonds is 7. The molecule has 0 aliphatic carbocycles. The van der Waals surface area contributed by atoms with Gasteiger partial charge < -0.3 is 16.0 Å². The number of hydrogen-bond donors (Lipinski definition) is 3. The second-order valence-corrected chi connectivity index (χ2v) is 4.72. The third-order valence-electron chi connectivity index (χ3n) is 2.93. The number of urea groups is 1. The second kappa shape index (κ2) is 9.40. The van der Waals surface area contributed by atoms with Gasteiger partial charge in [-0.2, -0.15) is 0 Å². The normalized spacial score (nSPS) is 11.1. The second-order valence-electron chi connectivity index (χ2n) is 4.72. The molecule has 1 rings (SSSR count). The highest BCUT2D eigenvalue weighted by atomic mass is 19.1. The first-order valence-electron chi connectivity index (χ1n) is 7.06. The fourth-order valence-corrected chi connectivity index (χ4v) is 1.81. The van der Waals surface area contributed by atoms with Crippen LogP contribution in [0.1, 0.15) is 25.3 Å². The van der Waals surface area contributed by atoms with Crippen LogP contribution in [0.15, 0.2) is 24.3 Å². The topological polar surface area (TPSA) is 70.2 Å². The highest BCUT2D eigenvalue weighted by Crippen LogP contribution is 2.02. The quantitative estimate of drug-likeness (QED) is 0.669. The Morgan fingerprint density at radius 1 is 1.27 bits per heavy atom. The third kappa shape index (κ3) is 6.27. The number of halogens is 1. The van der Waals surface area contributed by atoms with Crippen LogP contribution in [0.2, 0.25) is 0 Å². The minimum absolute atomic E-state index is 0.123. The van der Waals surface area contributed by atoms with E-state index in [1.165, 1.54) is 12.1 Å². The number of terminal acetylenes is 1. The fraction of sp³-hybridized carbons (Fsp3) is 0.375. The molecule has 22 heavy (non-hydrogen) atoms. The molecule has 1 aromatic rings. The predicted molar refractivity (Wildman–Crippen MR) is 82.3 cm³/mol. The number of carbonyl (C=O) groups is 2. The highest BCUT2D eigenvalue weighted by molar-refractivity contribution is 5.87. The first kappa shape index (κ1) is 17.5. The summed E-state index contributed by atoms with van der Waals surface area (Å²) >= 11 is 0. The summed E-state index contributed by atoms with van der Waals surface area (Å²) in [6.07, 6.45) is 6.34. The Labute approximate surface area is 129 Å². The predicted octanol–water partition coefficient (Wildman–Crippen LogP) is 1.54. The maximum atomic E-state index is 12.8. The summed E-state index contributed by atoms with van der Waals surface area (Å²) in [5, 5.41) is 7.77. The zero-order chi connectivity index (χ0) is 16.4. The third-order valence-corrected chi connectivity index (χ3v) is 2.93. The van der Waals surface area contributed by atoms with Gasteiger partial charge in [0, 0.05) is 6.54 Å². The SMILES string of the molecule is C#CCNC(=O)C(CCC)NC(=O)NCc1ccc(F)cc1. The van der Waals surface area contributed by atoms with Crippen LogP contribution in [0.3, 0.4) is 0 Å². The van der Waals surface area contributed by atoms with E-state index in [2.05, 4.69) is 21.9 Å². The Morgan fingerprint density at radius 3 is 2.55 bits per heavy atom. The van der Waals surface area contributed by atoms with Gasteiger partial charge in [-0.1, -0.05) is 31.4 Å². The molecule has 0 bridgehead atoms. The van der Waals surface area contributed by atoms with E-state index in [1.54, 1.807) is 12.1 Å². The number of carbonyl (C=O) groups excluding carboxylic acids is 2. The first-order chi connectivity index (χ1) is 10.6. The Kier molecular flexibility index (Phi) is 7.48. The van der Waals surface area contributed by atoms with Crippen molar-refractivity contribution >= 4 is 11.9 Å². The molecule has 0 radical (unpaired) electrons. The van der Waals surface area contributed by atoms with Crippen molar-refractivity contribution in [2.75, 3.05) is 6.54 Å². The van der Waals surface area contributed by atoms with Crippen LogP contribution in [-0.2, 0) is 11.3 Å². The van der Waals surface area contributed by atoms with Crippen molar-refractivity contribution < 1.29 is 14.0 Å². The lowest BCUT2D eigenvalue weighted by Gasteiger charge is -2.17. The van der Waals surface area contributed by atoms with Crippen LogP contribution in [-0.4, -0.2) is 24.5 Å². The number of hydrogen-bond acceptors (Lipinski definition) is 2. The van der Waals surface area contributed by atoms with Crippen molar-refractivity contribution in [2.45, 2.75) is 32.4 Å². The van der Waals surface area contributed by atoms with E-state index in [4.69, 9.17) is 6.42 Å². The lowest BCUT2D eigenvalue weighted by Crippen LogP contribution is -2.49. The van der Waals surface area contributed by atoms with Crippen molar-refractivity contribution in [1.29, 1.82) is 0 Å². The van der Waals surface area contributed by atoms with Gasteiger partial charge in [-0.25, -0.2) is 9.18 Å². The zero-order valence-corrected chi connectivity index (χ0v) is 12.5. The van der Waals surface area contributed by atoms with Gasteiger partial charge in [0.05, 0.1) is 6.54 Å². The van der Waals surface area contributed by atoms with E-state index >= 15 is 0 Å². The summed E-state index contributed by atoms with van der Waals surface area (Å²) in [4.78, 5) is 23.7. The van der Waals surface area contributed by atoms with Crippen molar-refractivity contribution in [2.24, 2.45) is 0 Å². The van der Waals surface area contributed by atoms with Crippen molar-refractivity contribution in [1.82, 2.24) is 16.0 Å². The van der Waals surface area contributed by atoms with E-state index in [0.717, 1.165) is 12.0 Å². The summed E-state index contributed by atoms with van der Waals surface area (Å²) in [7, 11) is 0. The van der Waals surface area contributed by atoms with Crippen LogP contribution in [0.5, 0.6) is 0 Å². The number of amides is 3. The molecule has 3 amide bonds. The van der Waals surface area contributed by atoms with Gasteiger partial charge in [0.15, 0.2) is 0 Å². The van der Waals surface area contributed by atoms with Crippen LogP contribution in [0.4, 0.5) is 9.18 Å². The zero-order valence-electron chi connectivity index (χ0n) is 12.5. The maximum Gasteiger partial charge on any atom is 0.315 e. The Hall–Kier alpha value is -2.55. The average molecular weight is 305 g/mol. The molecule has 0 spiro atoms. The minimum Gasteiger partial charge on any atom is -0.343 e. The average Bonchev–Trinajstić information content (AvgIpc) is 2.51. The maximum absolute atomic E-state index is 12.8. The largest absolute Gasteiger partial charge is 0.343 e. The van der Waals surface area contributed by atoms with Gasteiger partial charge in [-0.3, -0.25) is 4.79 Å². The Morgan fingerprint density at radius 2 is 1.95 bits per heavy atom. The van der Waals surface area contributed by atoms with Gasteiger partial charge in [-0.15, -0.1) is 6.42 Å². The number of nitrogens with one attached hydrogen (secondary N) is 3. The van der Waals surface area contributed by atoms with Gasteiger partial charge in [0.2, 0.25) is 5.91 Å². The molecule has 0 aliphatic rings. The first-order valence-corrected chi connectivity index (χ1v) is 7.06. The van der Waals surface area contributed by atoms with Crippen LogP contribution in [0, 0.1) is 18.2 Å². The van der Waals surface area contributed by atoms with E-state index in [0.29, 0.717) is 6.42 Å².